The average molecular weight is 262 g/mol. The fourth-order valence-corrected chi connectivity index (χ4v) is 2.15. The molecule has 5 nitrogen and oxygen atoms in total. The fourth-order valence-electron chi connectivity index (χ4n) is 2.15. The molecule has 1 aromatic carbocycles. The van der Waals surface area contributed by atoms with Gasteiger partial charge in [-0.3, -0.25) is 15.5 Å². The summed E-state index contributed by atoms with van der Waals surface area (Å²) >= 11 is 0. The summed E-state index contributed by atoms with van der Waals surface area (Å²) < 4.78 is 5.84. The highest BCUT2D eigenvalue weighted by atomic mass is 16.5. The highest BCUT2D eigenvalue weighted by Crippen LogP contribution is 2.22. The first-order chi connectivity index (χ1) is 9.22. The van der Waals surface area contributed by atoms with E-state index in [4.69, 9.17) is 9.94 Å². The van der Waals surface area contributed by atoms with Crippen LogP contribution in [-0.2, 0) is 4.79 Å². The van der Waals surface area contributed by atoms with Crippen molar-refractivity contribution in [2.24, 2.45) is 0 Å². The highest BCUT2D eigenvalue weighted by molar-refractivity contribution is 5.87. The lowest BCUT2D eigenvalue weighted by atomic mass is 10.1. The number of carbonyl (C=O) groups excluding carboxylic acids is 1. The van der Waals surface area contributed by atoms with E-state index in [-0.39, 0.29) is 12.0 Å². The Bertz CT molecular complexity index is 454. The number of piperidine rings is 1. The van der Waals surface area contributed by atoms with Crippen LogP contribution in [0.3, 0.4) is 0 Å². The summed E-state index contributed by atoms with van der Waals surface area (Å²) in [5.41, 5.74) is 2.68. The van der Waals surface area contributed by atoms with Crippen LogP contribution < -0.4 is 10.2 Å². The van der Waals surface area contributed by atoms with Crippen LogP contribution in [-0.4, -0.2) is 35.2 Å². The molecule has 2 N–H and O–H groups in total. The van der Waals surface area contributed by atoms with E-state index in [0.717, 1.165) is 12.8 Å². The number of likely N-dealkylation sites (tertiary alicyclic amines) is 1. The molecule has 0 spiro atoms. The summed E-state index contributed by atoms with van der Waals surface area (Å²) in [6, 6.07) is 7.14. The number of ether oxygens (including phenoxy) is 1. The number of hydrogen-bond acceptors (Lipinski definition) is 4. The van der Waals surface area contributed by atoms with Crippen LogP contribution in [0.5, 0.6) is 5.75 Å². The Labute approximate surface area is 112 Å². The van der Waals surface area contributed by atoms with Crippen molar-refractivity contribution in [3.05, 3.63) is 36.9 Å². The number of rotatable bonds is 4. The van der Waals surface area contributed by atoms with Gasteiger partial charge in [-0.1, -0.05) is 12.6 Å². The monoisotopic (exact) mass is 262 g/mol. The first-order valence-electron chi connectivity index (χ1n) is 6.31. The molecule has 0 unspecified atom stereocenters. The third-order valence-corrected chi connectivity index (χ3v) is 3.19. The van der Waals surface area contributed by atoms with Gasteiger partial charge in [0.2, 0.25) is 5.91 Å². The number of nitrogens with one attached hydrogen (secondary N) is 1. The van der Waals surface area contributed by atoms with Gasteiger partial charge in [-0.15, -0.1) is 0 Å². The van der Waals surface area contributed by atoms with Gasteiger partial charge in [-0.05, 0) is 18.2 Å². The zero-order valence-electron chi connectivity index (χ0n) is 10.7. The van der Waals surface area contributed by atoms with Crippen molar-refractivity contribution in [1.82, 2.24) is 4.90 Å². The van der Waals surface area contributed by atoms with Crippen molar-refractivity contribution < 1.29 is 14.7 Å². The van der Waals surface area contributed by atoms with E-state index in [1.165, 1.54) is 6.08 Å². The number of benzene rings is 1. The number of anilines is 1. The zero-order chi connectivity index (χ0) is 13.7. The summed E-state index contributed by atoms with van der Waals surface area (Å²) in [4.78, 5) is 13.2. The van der Waals surface area contributed by atoms with Gasteiger partial charge < -0.3 is 9.64 Å². The first-order valence-corrected chi connectivity index (χ1v) is 6.31. The van der Waals surface area contributed by atoms with Crippen molar-refractivity contribution in [3.63, 3.8) is 0 Å². The molecule has 1 saturated heterocycles. The molecule has 1 heterocycles. The van der Waals surface area contributed by atoms with Gasteiger partial charge in [-0.2, -0.15) is 0 Å². The number of nitrogens with zero attached hydrogens (tertiary/aromatic N) is 1. The van der Waals surface area contributed by atoms with Gasteiger partial charge >= 0.3 is 0 Å². The second kappa shape index (κ2) is 6.24. The van der Waals surface area contributed by atoms with Crippen molar-refractivity contribution in [3.8, 4) is 5.75 Å². The summed E-state index contributed by atoms with van der Waals surface area (Å²) in [7, 11) is 0. The lowest BCUT2D eigenvalue weighted by Crippen LogP contribution is -2.41. The van der Waals surface area contributed by atoms with Crippen LogP contribution in [0.25, 0.3) is 0 Å². The molecular formula is C14H18N2O3. The molecule has 0 saturated carbocycles. The van der Waals surface area contributed by atoms with Gasteiger partial charge in [0.1, 0.15) is 11.9 Å². The van der Waals surface area contributed by atoms with Crippen molar-refractivity contribution in [2.45, 2.75) is 18.9 Å². The Morgan fingerprint density at radius 2 is 2.21 bits per heavy atom. The van der Waals surface area contributed by atoms with E-state index in [1.807, 2.05) is 12.1 Å². The Morgan fingerprint density at radius 3 is 2.84 bits per heavy atom. The standard InChI is InChI=1S/C14H18N2O3/c1-2-14(17)16-8-6-12(7-9-16)19-13-5-3-4-11(10-13)15-18/h2-5,10,12,15,18H,1,6-9H2. The van der Waals surface area contributed by atoms with Crippen LogP contribution in [0, 0.1) is 0 Å². The van der Waals surface area contributed by atoms with Crippen molar-refractivity contribution in [2.75, 3.05) is 18.6 Å². The van der Waals surface area contributed by atoms with Crippen LogP contribution in [0.4, 0.5) is 5.69 Å². The summed E-state index contributed by atoms with van der Waals surface area (Å²) in [6.45, 7) is 4.86. The maximum absolute atomic E-state index is 11.4. The molecule has 1 aliphatic heterocycles. The number of hydrogen-bond donors (Lipinski definition) is 2. The van der Waals surface area contributed by atoms with Gasteiger partial charge in [0.15, 0.2) is 0 Å². The predicted molar refractivity (Wildman–Crippen MR) is 72.3 cm³/mol. The molecule has 1 fully saturated rings. The Balaban J connectivity index is 1.88. The van der Waals surface area contributed by atoms with E-state index in [2.05, 4.69) is 12.1 Å². The summed E-state index contributed by atoms with van der Waals surface area (Å²) in [6.07, 6.45) is 3.05. The Kier molecular flexibility index (Phi) is 4.41. The van der Waals surface area contributed by atoms with Crippen molar-refractivity contribution >= 4 is 11.6 Å². The number of amides is 1. The third kappa shape index (κ3) is 3.48. The molecule has 1 aliphatic rings. The SMILES string of the molecule is C=CC(=O)N1CCC(Oc2cccc(NO)c2)CC1. The Hall–Kier alpha value is -2.01. The van der Waals surface area contributed by atoms with Gasteiger partial charge in [-0.25, -0.2) is 0 Å². The molecule has 19 heavy (non-hydrogen) atoms. The molecule has 0 aliphatic carbocycles. The molecule has 102 valence electrons. The molecule has 1 aromatic rings. The fraction of sp³-hybridized carbons (Fsp3) is 0.357. The second-order valence-electron chi connectivity index (χ2n) is 4.49. The van der Waals surface area contributed by atoms with Crippen molar-refractivity contribution in [1.29, 1.82) is 0 Å². The van der Waals surface area contributed by atoms with Gasteiger partial charge in [0.05, 0.1) is 5.69 Å². The predicted octanol–water partition coefficient (Wildman–Crippen LogP) is 2.04. The van der Waals surface area contributed by atoms with E-state index in [0.29, 0.717) is 24.5 Å². The molecule has 0 radical (unpaired) electrons. The minimum atomic E-state index is -0.0232. The van der Waals surface area contributed by atoms with Gasteiger partial charge in [0, 0.05) is 32.0 Å². The van der Waals surface area contributed by atoms with Gasteiger partial charge in [0.25, 0.3) is 0 Å². The van der Waals surface area contributed by atoms with E-state index < -0.39 is 0 Å². The summed E-state index contributed by atoms with van der Waals surface area (Å²) in [5, 5.41) is 8.83. The quantitative estimate of drug-likeness (QED) is 0.644. The van der Waals surface area contributed by atoms with E-state index in [1.54, 1.807) is 17.0 Å². The topological polar surface area (TPSA) is 61.8 Å². The molecule has 0 aromatic heterocycles. The van der Waals surface area contributed by atoms with E-state index >= 15 is 0 Å². The minimum absolute atomic E-state index is 0.0232. The molecular weight excluding hydrogens is 244 g/mol. The number of carbonyl (C=O) groups is 1. The Morgan fingerprint density at radius 1 is 1.47 bits per heavy atom. The van der Waals surface area contributed by atoms with Crippen LogP contribution >= 0.6 is 0 Å². The average Bonchev–Trinajstić information content (AvgIpc) is 2.47. The third-order valence-electron chi connectivity index (χ3n) is 3.19. The maximum atomic E-state index is 11.4. The molecule has 5 heteroatoms. The first kappa shape index (κ1) is 13.4. The zero-order valence-corrected chi connectivity index (χ0v) is 10.7. The second-order valence-corrected chi connectivity index (χ2v) is 4.49. The van der Waals surface area contributed by atoms with E-state index in [9.17, 15) is 4.79 Å². The highest BCUT2D eigenvalue weighted by Gasteiger charge is 2.22. The van der Waals surface area contributed by atoms with Crippen LogP contribution in [0.15, 0.2) is 36.9 Å². The molecule has 1 amide bonds. The smallest absolute Gasteiger partial charge is 0.245 e. The lowest BCUT2D eigenvalue weighted by molar-refractivity contribution is -0.127. The largest absolute Gasteiger partial charge is 0.490 e. The van der Waals surface area contributed by atoms with Crippen LogP contribution in [0.2, 0.25) is 0 Å². The maximum Gasteiger partial charge on any atom is 0.245 e. The molecule has 2 rings (SSSR count). The lowest BCUT2D eigenvalue weighted by Gasteiger charge is -2.31. The molecule has 0 atom stereocenters. The molecule has 0 bridgehead atoms. The normalized spacial score (nSPS) is 15.9. The minimum Gasteiger partial charge on any atom is -0.490 e. The van der Waals surface area contributed by atoms with Crippen LogP contribution in [0.1, 0.15) is 12.8 Å². The summed E-state index contributed by atoms with van der Waals surface area (Å²) in [5.74, 6) is 0.692.